The Morgan fingerprint density at radius 1 is 1.36 bits per heavy atom. The molecule has 0 saturated carbocycles. The summed E-state index contributed by atoms with van der Waals surface area (Å²) >= 11 is 5.90. The molecule has 2 aromatic rings. The molecule has 0 fully saturated rings. The first-order chi connectivity index (χ1) is 10.6. The van der Waals surface area contributed by atoms with Crippen molar-refractivity contribution in [2.45, 2.75) is 6.92 Å². The van der Waals surface area contributed by atoms with E-state index in [2.05, 4.69) is 10.3 Å². The van der Waals surface area contributed by atoms with Crippen LogP contribution in [0.15, 0.2) is 34.9 Å². The summed E-state index contributed by atoms with van der Waals surface area (Å²) in [5.74, 6) is -0.741. The van der Waals surface area contributed by atoms with Crippen LogP contribution < -0.4 is 10.1 Å². The predicted molar refractivity (Wildman–Crippen MR) is 78.0 cm³/mol. The molecule has 116 valence electrons. The largest absolute Gasteiger partial charge is 0.482 e. The Hall–Kier alpha value is -2.54. The summed E-state index contributed by atoms with van der Waals surface area (Å²) in [4.78, 5) is 26.9. The number of carbonyl (C=O) groups excluding carboxylic acids is 2. The number of hydrogen-bond acceptors (Lipinski definition) is 6. The molecule has 0 atom stereocenters. The second-order valence-corrected chi connectivity index (χ2v) is 4.43. The zero-order valence-electron chi connectivity index (χ0n) is 11.7. The average molecular weight is 325 g/mol. The van der Waals surface area contributed by atoms with Crippen LogP contribution in [0.5, 0.6) is 5.75 Å². The minimum Gasteiger partial charge on any atom is -0.482 e. The maximum Gasteiger partial charge on any atom is 0.360 e. The van der Waals surface area contributed by atoms with Crippen LogP contribution in [0.1, 0.15) is 17.4 Å². The number of nitrogens with one attached hydrogen (secondary N) is 1. The quantitative estimate of drug-likeness (QED) is 0.821. The van der Waals surface area contributed by atoms with Gasteiger partial charge < -0.3 is 13.9 Å². The summed E-state index contributed by atoms with van der Waals surface area (Å²) in [5.41, 5.74) is -0.0239. The molecular weight excluding hydrogens is 312 g/mol. The van der Waals surface area contributed by atoms with E-state index in [1.165, 1.54) is 0 Å². The molecule has 1 aromatic heterocycles. The van der Waals surface area contributed by atoms with Crippen LogP contribution in [-0.2, 0) is 9.53 Å². The van der Waals surface area contributed by atoms with Crippen LogP contribution in [-0.4, -0.2) is 30.1 Å². The monoisotopic (exact) mass is 324 g/mol. The lowest BCUT2D eigenvalue weighted by atomic mass is 10.3. The Kier molecular flexibility index (Phi) is 5.37. The van der Waals surface area contributed by atoms with E-state index in [9.17, 15) is 9.59 Å². The first-order valence-corrected chi connectivity index (χ1v) is 6.77. The second kappa shape index (κ2) is 7.46. The molecular formula is C14H13ClN2O5. The van der Waals surface area contributed by atoms with Gasteiger partial charge in [-0.05, 0) is 19.1 Å². The van der Waals surface area contributed by atoms with Crippen molar-refractivity contribution in [1.82, 2.24) is 4.98 Å². The average Bonchev–Trinajstić information content (AvgIpc) is 2.95. The normalized spacial score (nSPS) is 10.1. The highest BCUT2D eigenvalue weighted by Gasteiger charge is 2.15. The number of ether oxygens (including phenoxy) is 2. The molecule has 2 rings (SSSR count). The first-order valence-electron chi connectivity index (χ1n) is 6.40. The number of para-hydroxylation sites is 1. The molecule has 0 radical (unpaired) electrons. The minimum atomic E-state index is -0.626. The number of hydrogen-bond donors (Lipinski definition) is 1. The van der Waals surface area contributed by atoms with Gasteiger partial charge in [0.2, 0.25) is 0 Å². The molecule has 0 aliphatic rings. The van der Waals surface area contributed by atoms with Crippen molar-refractivity contribution in [3.05, 3.63) is 41.2 Å². The van der Waals surface area contributed by atoms with Gasteiger partial charge in [-0.2, -0.15) is 4.98 Å². The topological polar surface area (TPSA) is 90.7 Å². The number of esters is 1. The lowest BCUT2D eigenvalue weighted by molar-refractivity contribution is -0.118. The van der Waals surface area contributed by atoms with Gasteiger partial charge in [0, 0.05) is 0 Å². The van der Waals surface area contributed by atoms with Crippen LogP contribution in [0.2, 0.25) is 5.02 Å². The van der Waals surface area contributed by atoms with Gasteiger partial charge in [-0.25, -0.2) is 4.79 Å². The van der Waals surface area contributed by atoms with Crippen molar-refractivity contribution in [2.24, 2.45) is 0 Å². The maximum absolute atomic E-state index is 11.7. The molecule has 1 aromatic carbocycles. The minimum absolute atomic E-state index is 0.0239. The fourth-order valence-electron chi connectivity index (χ4n) is 1.49. The third-order valence-corrected chi connectivity index (χ3v) is 2.74. The zero-order chi connectivity index (χ0) is 15.9. The van der Waals surface area contributed by atoms with Crippen molar-refractivity contribution >= 4 is 29.5 Å². The number of benzene rings is 1. The molecule has 1 amide bonds. The van der Waals surface area contributed by atoms with Crippen molar-refractivity contribution in [2.75, 3.05) is 18.5 Å². The van der Waals surface area contributed by atoms with Gasteiger partial charge in [-0.3, -0.25) is 10.1 Å². The zero-order valence-corrected chi connectivity index (χ0v) is 12.4. The summed E-state index contributed by atoms with van der Waals surface area (Å²) in [6.45, 7) is 1.62. The number of carbonyl (C=O) groups is 2. The third-order valence-electron chi connectivity index (χ3n) is 2.43. The van der Waals surface area contributed by atoms with Crippen molar-refractivity contribution in [1.29, 1.82) is 0 Å². The fourth-order valence-corrected chi connectivity index (χ4v) is 1.68. The van der Waals surface area contributed by atoms with Crippen LogP contribution in [0.4, 0.5) is 6.01 Å². The Morgan fingerprint density at radius 2 is 2.14 bits per heavy atom. The molecule has 8 heteroatoms. The Labute approximate surface area is 131 Å². The van der Waals surface area contributed by atoms with Gasteiger partial charge in [0.05, 0.1) is 11.6 Å². The Morgan fingerprint density at radius 3 is 2.86 bits per heavy atom. The number of rotatable bonds is 6. The summed E-state index contributed by atoms with van der Waals surface area (Å²) in [6, 6.07) is 6.65. The van der Waals surface area contributed by atoms with Gasteiger partial charge >= 0.3 is 12.0 Å². The Balaban J connectivity index is 1.87. The van der Waals surface area contributed by atoms with E-state index < -0.39 is 11.9 Å². The van der Waals surface area contributed by atoms with Gasteiger partial charge in [0.15, 0.2) is 12.3 Å². The molecule has 0 saturated heterocycles. The van der Waals surface area contributed by atoms with Crippen LogP contribution in [0, 0.1) is 0 Å². The highest BCUT2D eigenvalue weighted by Crippen LogP contribution is 2.22. The molecule has 7 nitrogen and oxygen atoms in total. The van der Waals surface area contributed by atoms with E-state index in [1.807, 2.05) is 0 Å². The van der Waals surface area contributed by atoms with Gasteiger partial charge in [0.1, 0.15) is 12.0 Å². The molecule has 0 aliphatic carbocycles. The number of amides is 1. The molecule has 0 bridgehead atoms. The number of halogens is 1. The highest BCUT2D eigenvalue weighted by molar-refractivity contribution is 6.32. The lowest BCUT2D eigenvalue weighted by Crippen LogP contribution is -2.20. The smallest absolute Gasteiger partial charge is 0.360 e. The van der Waals surface area contributed by atoms with Crippen LogP contribution >= 0.6 is 11.6 Å². The summed E-state index contributed by atoms with van der Waals surface area (Å²) < 4.78 is 15.0. The number of anilines is 1. The van der Waals surface area contributed by atoms with Gasteiger partial charge in [0.25, 0.3) is 5.91 Å². The van der Waals surface area contributed by atoms with Crippen LogP contribution in [0.25, 0.3) is 0 Å². The molecule has 1 heterocycles. The summed E-state index contributed by atoms with van der Waals surface area (Å²) in [5, 5.41) is 2.76. The SMILES string of the molecule is CCOC(=O)c1coc(NC(=O)COc2ccccc2Cl)n1. The maximum atomic E-state index is 11.7. The molecule has 0 aliphatic heterocycles. The van der Waals surface area contributed by atoms with E-state index in [-0.39, 0.29) is 24.9 Å². The van der Waals surface area contributed by atoms with Gasteiger partial charge in [-0.15, -0.1) is 0 Å². The van der Waals surface area contributed by atoms with E-state index in [0.29, 0.717) is 10.8 Å². The molecule has 22 heavy (non-hydrogen) atoms. The van der Waals surface area contributed by atoms with E-state index >= 15 is 0 Å². The predicted octanol–water partition coefficient (Wildman–Crippen LogP) is 2.52. The summed E-state index contributed by atoms with van der Waals surface area (Å²) in [7, 11) is 0. The third kappa shape index (κ3) is 4.23. The van der Waals surface area contributed by atoms with Crippen molar-refractivity contribution in [3.63, 3.8) is 0 Å². The van der Waals surface area contributed by atoms with Gasteiger partial charge in [-0.1, -0.05) is 23.7 Å². The molecule has 0 unspecified atom stereocenters. The van der Waals surface area contributed by atoms with Crippen LogP contribution in [0.3, 0.4) is 0 Å². The second-order valence-electron chi connectivity index (χ2n) is 4.03. The standard InChI is InChI=1S/C14H13ClN2O5/c1-2-20-13(19)10-7-22-14(16-10)17-12(18)8-21-11-6-4-3-5-9(11)15/h3-7H,2,8H2,1H3,(H,16,17,18). The first kappa shape index (κ1) is 15.8. The summed E-state index contributed by atoms with van der Waals surface area (Å²) in [6.07, 6.45) is 1.10. The Bertz CT molecular complexity index is 671. The van der Waals surface area contributed by atoms with E-state index in [0.717, 1.165) is 6.26 Å². The fraction of sp³-hybridized carbons (Fsp3) is 0.214. The van der Waals surface area contributed by atoms with E-state index in [1.54, 1.807) is 31.2 Å². The van der Waals surface area contributed by atoms with E-state index in [4.69, 9.17) is 25.5 Å². The number of nitrogens with zero attached hydrogens (tertiary/aromatic N) is 1. The molecule has 1 N–H and O–H groups in total. The number of aromatic nitrogens is 1. The number of oxazole rings is 1. The lowest BCUT2D eigenvalue weighted by Gasteiger charge is -2.06. The van der Waals surface area contributed by atoms with Crippen molar-refractivity contribution in [3.8, 4) is 5.75 Å². The molecule has 0 spiro atoms. The highest BCUT2D eigenvalue weighted by atomic mass is 35.5. The van der Waals surface area contributed by atoms with Crippen molar-refractivity contribution < 1.29 is 23.5 Å².